The fraction of sp³-hybridized carbons (Fsp3) is 0.909. The minimum atomic E-state index is -0.129. The quantitative estimate of drug-likeness (QED) is 0.669. The molecule has 0 aromatic carbocycles. The Labute approximate surface area is 87.0 Å². The Morgan fingerprint density at radius 2 is 1.86 bits per heavy atom. The maximum atomic E-state index is 11.3. The van der Waals surface area contributed by atoms with E-state index in [0.717, 1.165) is 6.42 Å². The molecule has 0 aliphatic carbocycles. The van der Waals surface area contributed by atoms with Gasteiger partial charge in [-0.05, 0) is 32.6 Å². The van der Waals surface area contributed by atoms with Crippen LogP contribution in [0.5, 0.6) is 0 Å². The molecule has 0 spiro atoms. The highest BCUT2D eigenvalue weighted by Gasteiger charge is 2.11. The average molecular weight is 201 g/mol. The summed E-state index contributed by atoms with van der Waals surface area (Å²) in [7, 11) is 0. The third-order valence-corrected chi connectivity index (χ3v) is 1.94. The molecule has 0 aromatic heterocycles. The third kappa shape index (κ3) is 8.05. The number of rotatable bonds is 6. The van der Waals surface area contributed by atoms with Crippen molar-refractivity contribution < 1.29 is 9.53 Å². The summed E-state index contributed by atoms with van der Waals surface area (Å²) in [5, 5.41) is 0. The number of hydrogen-bond acceptors (Lipinski definition) is 3. The second-order valence-electron chi connectivity index (χ2n) is 4.45. The summed E-state index contributed by atoms with van der Waals surface area (Å²) in [5.41, 5.74) is 5.54. The van der Waals surface area contributed by atoms with Gasteiger partial charge in [0.1, 0.15) is 0 Å². The Morgan fingerprint density at radius 3 is 2.29 bits per heavy atom. The standard InChI is InChI=1S/C11H23NO2/c1-8(2)7-10(4)14-11(13)6-5-9(3)12/h8-10H,5-7,12H2,1-4H3. The molecule has 0 saturated heterocycles. The number of hydrogen-bond donors (Lipinski definition) is 1. The molecule has 3 heteroatoms. The van der Waals surface area contributed by atoms with Crippen molar-refractivity contribution in [3.63, 3.8) is 0 Å². The van der Waals surface area contributed by atoms with Gasteiger partial charge in [0.2, 0.25) is 0 Å². The van der Waals surface area contributed by atoms with Gasteiger partial charge in [-0.25, -0.2) is 0 Å². The van der Waals surface area contributed by atoms with Crippen LogP contribution in [0.2, 0.25) is 0 Å². The van der Waals surface area contributed by atoms with E-state index in [1.165, 1.54) is 0 Å². The maximum Gasteiger partial charge on any atom is 0.306 e. The van der Waals surface area contributed by atoms with Gasteiger partial charge in [0.05, 0.1) is 6.10 Å². The SMILES string of the molecule is CC(C)CC(C)OC(=O)CCC(C)N. The molecule has 0 heterocycles. The van der Waals surface area contributed by atoms with Gasteiger partial charge in [-0.15, -0.1) is 0 Å². The molecule has 0 radical (unpaired) electrons. The van der Waals surface area contributed by atoms with Crippen LogP contribution in [-0.2, 0) is 9.53 Å². The predicted molar refractivity (Wildman–Crippen MR) is 57.9 cm³/mol. The highest BCUT2D eigenvalue weighted by molar-refractivity contribution is 5.69. The molecular formula is C11H23NO2. The van der Waals surface area contributed by atoms with E-state index in [9.17, 15) is 4.79 Å². The van der Waals surface area contributed by atoms with Crippen LogP contribution in [0.15, 0.2) is 0 Å². The van der Waals surface area contributed by atoms with E-state index < -0.39 is 0 Å². The van der Waals surface area contributed by atoms with Gasteiger partial charge >= 0.3 is 5.97 Å². The van der Waals surface area contributed by atoms with Crippen molar-refractivity contribution in [3.8, 4) is 0 Å². The molecule has 0 saturated carbocycles. The largest absolute Gasteiger partial charge is 0.463 e. The molecule has 84 valence electrons. The van der Waals surface area contributed by atoms with Crippen molar-refractivity contribution in [2.24, 2.45) is 11.7 Å². The summed E-state index contributed by atoms with van der Waals surface area (Å²) in [5.74, 6) is 0.432. The van der Waals surface area contributed by atoms with Crippen LogP contribution in [0.1, 0.15) is 47.0 Å². The van der Waals surface area contributed by atoms with Crippen LogP contribution in [0.25, 0.3) is 0 Å². The second kappa shape index (κ2) is 6.82. The molecule has 0 aliphatic rings. The zero-order valence-corrected chi connectivity index (χ0v) is 9.75. The molecule has 3 nitrogen and oxygen atoms in total. The highest BCUT2D eigenvalue weighted by Crippen LogP contribution is 2.09. The number of ether oxygens (including phenoxy) is 1. The molecule has 0 aliphatic heterocycles. The molecule has 2 unspecified atom stereocenters. The smallest absolute Gasteiger partial charge is 0.306 e. The van der Waals surface area contributed by atoms with Crippen LogP contribution < -0.4 is 5.73 Å². The van der Waals surface area contributed by atoms with Crippen molar-refractivity contribution in [1.82, 2.24) is 0 Å². The Bertz CT molecular complexity index is 167. The zero-order valence-electron chi connectivity index (χ0n) is 9.75. The lowest BCUT2D eigenvalue weighted by Gasteiger charge is -2.15. The van der Waals surface area contributed by atoms with Crippen LogP contribution in [0.4, 0.5) is 0 Å². The lowest BCUT2D eigenvalue weighted by atomic mass is 10.1. The van der Waals surface area contributed by atoms with E-state index in [0.29, 0.717) is 18.8 Å². The van der Waals surface area contributed by atoms with E-state index >= 15 is 0 Å². The van der Waals surface area contributed by atoms with Crippen molar-refractivity contribution in [2.75, 3.05) is 0 Å². The maximum absolute atomic E-state index is 11.3. The Balaban J connectivity index is 3.60. The number of nitrogens with two attached hydrogens (primary N) is 1. The van der Waals surface area contributed by atoms with Crippen molar-refractivity contribution in [2.45, 2.75) is 59.1 Å². The lowest BCUT2D eigenvalue weighted by molar-refractivity contribution is -0.149. The molecule has 2 atom stereocenters. The minimum Gasteiger partial charge on any atom is -0.463 e. The minimum absolute atomic E-state index is 0.0237. The van der Waals surface area contributed by atoms with E-state index in [4.69, 9.17) is 10.5 Å². The van der Waals surface area contributed by atoms with E-state index in [2.05, 4.69) is 13.8 Å². The summed E-state index contributed by atoms with van der Waals surface area (Å²) < 4.78 is 5.22. The zero-order chi connectivity index (χ0) is 11.1. The van der Waals surface area contributed by atoms with Gasteiger partial charge in [-0.1, -0.05) is 13.8 Å². The fourth-order valence-corrected chi connectivity index (χ4v) is 1.34. The molecule has 0 fully saturated rings. The summed E-state index contributed by atoms with van der Waals surface area (Å²) in [6.45, 7) is 8.06. The molecule has 2 N–H and O–H groups in total. The van der Waals surface area contributed by atoms with Crippen molar-refractivity contribution in [1.29, 1.82) is 0 Å². The summed E-state index contributed by atoms with van der Waals surface area (Å²) >= 11 is 0. The molecule has 0 aromatic rings. The first-order chi connectivity index (χ1) is 6.41. The van der Waals surface area contributed by atoms with Crippen molar-refractivity contribution >= 4 is 5.97 Å². The second-order valence-corrected chi connectivity index (χ2v) is 4.45. The first-order valence-electron chi connectivity index (χ1n) is 5.36. The fourth-order valence-electron chi connectivity index (χ4n) is 1.34. The number of carbonyl (C=O) groups is 1. The summed E-state index contributed by atoms with van der Waals surface area (Å²) in [6, 6.07) is 0.0722. The van der Waals surface area contributed by atoms with E-state index in [-0.39, 0.29) is 18.1 Å². The average Bonchev–Trinajstić information content (AvgIpc) is 1.98. The van der Waals surface area contributed by atoms with E-state index in [1.54, 1.807) is 0 Å². The molecular weight excluding hydrogens is 178 g/mol. The molecule has 14 heavy (non-hydrogen) atoms. The Kier molecular flexibility index (Phi) is 6.54. The van der Waals surface area contributed by atoms with Gasteiger partial charge in [0, 0.05) is 12.5 Å². The topological polar surface area (TPSA) is 52.3 Å². The lowest BCUT2D eigenvalue weighted by Crippen LogP contribution is -2.20. The molecule has 0 bridgehead atoms. The summed E-state index contributed by atoms with van der Waals surface area (Å²) in [6.07, 6.45) is 2.08. The first-order valence-corrected chi connectivity index (χ1v) is 5.36. The van der Waals surface area contributed by atoms with Gasteiger partial charge in [0.25, 0.3) is 0 Å². The Hall–Kier alpha value is -0.570. The van der Waals surface area contributed by atoms with Crippen LogP contribution in [0, 0.1) is 5.92 Å². The van der Waals surface area contributed by atoms with Gasteiger partial charge in [0.15, 0.2) is 0 Å². The summed E-state index contributed by atoms with van der Waals surface area (Å²) in [4.78, 5) is 11.3. The van der Waals surface area contributed by atoms with E-state index in [1.807, 2.05) is 13.8 Å². The number of carbonyl (C=O) groups excluding carboxylic acids is 1. The van der Waals surface area contributed by atoms with Gasteiger partial charge < -0.3 is 10.5 Å². The normalized spacial score (nSPS) is 15.3. The monoisotopic (exact) mass is 201 g/mol. The van der Waals surface area contributed by atoms with Gasteiger partial charge in [-0.3, -0.25) is 4.79 Å². The molecule has 0 rings (SSSR count). The highest BCUT2D eigenvalue weighted by atomic mass is 16.5. The van der Waals surface area contributed by atoms with Gasteiger partial charge in [-0.2, -0.15) is 0 Å². The van der Waals surface area contributed by atoms with Crippen LogP contribution >= 0.6 is 0 Å². The predicted octanol–water partition coefficient (Wildman–Crippen LogP) is 2.09. The van der Waals surface area contributed by atoms with Crippen LogP contribution in [-0.4, -0.2) is 18.1 Å². The Morgan fingerprint density at radius 1 is 1.29 bits per heavy atom. The molecule has 0 amide bonds. The van der Waals surface area contributed by atoms with Crippen LogP contribution in [0.3, 0.4) is 0 Å². The third-order valence-electron chi connectivity index (χ3n) is 1.94. The first kappa shape index (κ1) is 13.4. The number of esters is 1. The van der Waals surface area contributed by atoms with Crippen molar-refractivity contribution in [3.05, 3.63) is 0 Å².